The average Bonchev–Trinajstić information content (AvgIpc) is 2.37. The van der Waals surface area contributed by atoms with E-state index >= 15 is 0 Å². The Morgan fingerprint density at radius 2 is 1.89 bits per heavy atom. The zero-order chi connectivity index (χ0) is 14.3. The highest BCUT2D eigenvalue weighted by molar-refractivity contribution is 7.89. The molecule has 0 bridgehead atoms. The highest BCUT2D eigenvalue weighted by Gasteiger charge is 2.13. The summed E-state index contributed by atoms with van der Waals surface area (Å²) in [6.07, 6.45) is -2.03. The van der Waals surface area contributed by atoms with Crippen molar-refractivity contribution in [3.8, 4) is 5.75 Å². The quantitative estimate of drug-likeness (QED) is 0.700. The third-order valence-corrected chi connectivity index (χ3v) is 3.66. The van der Waals surface area contributed by atoms with E-state index in [-0.39, 0.29) is 17.2 Å². The molecule has 0 aliphatic rings. The number of alkyl halides is 2. The molecule has 0 amide bonds. The second-order valence-corrected chi connectivity index (χ2v) is 5.48. The summed E-state index contributed by atoms with van der Waals surface area (Å²) in [4.78, 5) is 0.0499. The Bertz CT molecular complexity index is 477. The van der Waals surface area contributed by atoms with Crippen LogP contribution in [-0.2, 0) is 10.0 Å². The van der Waals surface area contributed by atoms with Crippen LogP contribution < -0.4 is 15.2 Å². The SMILES string of the molecule is NCCCNS(=O)(=O)c1ccc(OCC(F)F)cc1. The molecule has 0 aromatic heterocycles. The molecule has 1 aromatic rings. The topological polar surface area (TPSA) is 81.4 Å². The Labute approximate surface area is 110 Å². The van der Waals surface area contributed by atoms with Gasteiger partial charge in [-0.2, -0.15) is 0 Å². The van der Waals surface area contributed by atoms with Crippen molar-refractivity contribution in [3.63, 3.8) is 0 Å². The maximum absolute atomic E-state index is 11.9. The molecule has 0 atom stereocenters. The van der Waals surface area contributed by atoms with Crippen LogP contribution in [0.25, 0.3) is 0 Å². The van der Waals surface area contributed by atoms with Crippen LogP contribution >= 0.6 is 0 Å². The minimum absolute atomic E-state index is 0.0499. The van der Waals surface area contributed by atoms with E-state index in [4.69, 9.17) is 10.5 Å². The van der Waals surface area contributed by atoms with E-state index in [1.54, 1.807) is 0 Å². The number of sulfonamides is 1. The third kappa shape index (κ3) is 5.50. The van der Waals surface area contributed by atoms with Crippen molar-refractivity contribution in [2.75, 3.05) is 19.7 Å². The second kappa shape index (κ2) is 7.37. The van der Waals surface area contributed by atoms with E-state index in [1.165, 1.54) is 24.3 Å². The molecule has 19 heavy (non-hydrogen) atoms. The number of nitrogens with one attached hydrogen (secondary N) is 1. The average molecular weight is 294 g/mol. The maximum Gasteiger partial charge on any atom is 0.272 e. The van der Waals surface area contributed by atoms with Crippen molar-refractivity contribution in [1.82, 2.24) is 4.72 Å². The highest BCUT2D eigenvalue weighted by Crippen LogP contribution is 2.16. The van der Waals surface area contributed by atoms with Crippen molar-refractivity contribution >= 4 is 10.0 Å². The predicted molar refractivity (Wildman–Crippen MR) is 66.8 cm³/mol. The summed E-state index contributed by atoms with van der Waals surface area (Å²) in [6.45, 7) is -0.0771. The number of hydrogen-bond acceptors (Lipinski definition) is 4. The van der Waals surface area contributed by atoms with E-state index < -0.39 is 23.1 Å². The minimum Gasteiger partial charge on any atom is -0.488 e. The molecule has 8 heteroatoms. The van der Waals surface area contributed by atoms with Gasteiger partial charge in [0.15, 0.2) is 0 Å². The molecular formula is C11H16F2N2O3S. The van der Waals surface area contributed by atoms with Gasteiger partial charge in [-0.05, 0) is 37.2 Å². The number of nitrogens with two attached hydrogens (primary N) is 1. The number of hydrogen-bond donors (Lipinski definition) is 2. The monoisotopic (exact) mass is 294 g/mol. The van der Waals surface area contributed by atoms with Crippen LogP contribution in [0.5, 0.6) is 5.75 Å². The van der Waals surface area contributed by atoms with Gasteiger partial charge in [-0.25, -0.2) is 21.9 Å². The normalized spacial score (nSPS) is 11.8. The Kier molecular flexibility index (Phi) is 6.13. The van der Waals surface area contributed by atoms with Crippen LogP contribution in [0.2, 0.25) is 0 Å². The molecule has 0 saturated carbocycles. The van der Waals surface area contributed by atoms with Gasteiger partial charge >= 0.3 is 0 Å². The Morgan fingerprint density at radius 1 is 1.26 bits per heavy atom. The molecule has 0 heterocycles. The number of rotatable bonds is 8. The predicted octanol–water partition coefficient (Wildman–Crippen LogP) is 0.958. The van der Waals surface area contributed by atoms with Gasteiger partial charge in [-0.1, -0.05) is 0 Å². The highest BCUT2D eigenvalue weighted by atomic mass is 32.2. The number of benzene rings is 1. The molecule has 0 fully saturated rings. The van der Waals surface area contributed by atoms with Crippen molar-refractivity contribution in [2.45, 2.75) is 17.7 Å². The largest absolute Gasteiger partial charge is 0.488 e. The van der Waals surface area contributed by atoms with Crippen LogP contribution in [0.3, 0.4) is 0 Å². The smallest absolute Gasteiger partial charge is 0.272 e. The first-order valence-corrected chi connectivity index (χ1v) is 7.15. The standard InChI is InChI=1S/C11H16F2N2O3S/c12-11(13)8-18-9-2-4-10(5-3-9)19(16,17)15-7-1-6-14/h2-5,11,15H,1,6-8,14H2. The van der Waals surface area contributed by atoms with Gasteiger partial charge in [0.25, 0.3) is 6.43 Å². The summed E-state index contributed by atoms with van der Waals surface area (Å²) in [6, 6.07) is 5.26. The molecule has 0 aliphatic heterocycles. The summed E-state index contributed by atoms with van der Waals surface area (Å²) in [5.74, 6) is 0.196. The van der Waals surface area contributed by atoms with Crippen LogP contribution in [0.4, 0.5) is 8.78 Å². The number of halogens is 2. The molecule has 3 N–H and O–H groups in total. The molecule has 1 rings (SSSR count). The van der Waals surface area contributed by atoms with Gasteiger partial charge in [-0.3, -0.25) is 0 Å². The van der Waals surface area contributed by atoms with Gasteiger partial charge in [0.1, 0.15) is 12.4 Å². The second-order valence-electron chi connectivity index (χ2n) is 3.71. The number of ether oxygens (including phenoxy) is 1. The lowest BCUT2D eigenvalue weighted by molar-refractivity contribution is 0.0819. The van der Waals surface area contributed by atoms with Crippen LogP contribution in [0, 0.1) is 0 Å². The van der Waals surface area contributed by atoms with Gasteiger partial charge in [0.05, 0.1) is 4.90 Å². The van der Waals surface area contributed by atoms with E-state index in [9.17, 15) is 17.2 Å². The third-order valence-electron chi connectivity index (χ3n) is 2.18. The first kappa shape index (κ1) is 15.8. The Balaban J connectivity index is 2.64. The van der Waals surface area contributed by atoms with Crippen molar-refractivity contribution in [3.05, 3.63) is 24.3 Å². The first-order valence-electron chi connectivity index (χ1n) is 5.66. The zero-order valence-corrected chi connectivity index (χ0v) is 11.0. The summed E-state index contributed by atoms with van der Waals surface area (Å²) in [5, 5.41) is 0. The zero-order valence-electron chi connectivity index (χ0n) is 10.2. The van der Waals surface area contributed by atoms with E-state index in [0.29, 0.717) is 13.0 Å². The van der Waals surface area contributed by atoms with E-state index in [1.807, 2.05) is 0 Å². The maximum atomic E-state index is 11.9. The molecule has 0 radical (unpaired) electrons. The summed E-state index contributed by atoms with van der Waals surface area (Å²) in [5.41, 5.74) is 5.26. The molecule has 0 unspecified atom stereocenters. The first-order chi connectivity index (χ1) is 8.95. The summed E-state index contributed by atoms with van der Waals surface area (Å²) >= 11 is 0. The lowest BCUT2D eigenvalue weighted by Gasteiger charge is -2.08. The summed E-state index contributed by atoms with van der Waals surface area (Å²) in [7, 11) is -3.59. The van der Waals surface area contributed by atoms with Gasteiger partial charge in [0.2, 0.25) is 10.0 Å². The van der Waals surface area contributed by atoms with Gasteiger partial charge in [-0.15, -0.1) is 0 Å². The van der Waals surface area contributed by atoms with Crippen LogP contribution in [0.15, 0.2) is 29.2 Å². The van der Waals surface area contributed by atoms with Crippen LogP contribution in [-0.4, -0.2) is 34.5 Å². The lowest BCUT2D eigenvalue weighted by Crippen LogP contribution is -2.26. The van der Waals surface area contributed by atoms with Crippen LogP contribution in [0.1, 0.15) is 6.42 Å². The Hall–Kier alpha value is -1.25. The van der Waals surface area contributed by atoms with Gasteiger partial charge < -0.3 is 10.5 Å². The molecule has 0 spiro atoms. The molecule has 0 aliphatic carbocycles. The molecule has 0 saturated heterocycles. The molecule has 108 valence electrons. The minimum atomic E-state index is -3.59. The van der Waals surface area contributed by atoms with Crippen molar-refractivity contribution in [2.24, 2.45) is 5.73 Å². The van der Waals surface area contributed by atoms with E-state index in [0.717, 1.165) is 0 Å². The summed E-state index contributed by atoms with van der Waals surface area (Å²) < 4.78 is 54.5. The lowest BCUT2D eigenvalue weighted by atomic mass is 10.3. The molecular weight excluding hydrogens is 278 g/mol. The fourth-order valence-electron chi connectivity index (χ4n) is 1.27. The fourth-order valence-corrected chi connectivity index (χ4v) is 2.34. The van der Waals surface area contributed by atoms with Gasteiger partial charge in [0, 0.05) is 6.54 Å². The Morgan fingerprint density at radius 3 is 2.42 bits per heavy atom. The van der Waals surface area contributed by atoms with Crippen molar-refractivity contribution < 1.29 is 21.9 Å². The molecule has 1 aromatic carbocycles. The fraction of sp³-hybridized carbons (Fsp3) is 0.455. The van der Waals surface area contributed by atoms with E-state index in [2.05, 4.69) is 4.72 Å². The van der Waals surface area contributed by atoms with Crippen molar-refractivity contribution in [1.29, 1.82) is 0 Å². The molecule has 5 nitrogen and oxygen atoms in total.